The number of hydrogen-bond donors (Lipinski definition) is 0. The average molecular weight is 435 g/mol. The summed E-state index contributed by atoms with van der Waals surface area (Å²) >= 11 is 0. The molecule has 1 nitrogen and oxygen atoms in total. The van der Waals surface area contributed by atoms with Gasteiger partial charge in [0.25, 0.3) is 0 Å². The molecule has 1 aliphatic heterocycles. The molecular formula is C30H39FO. The van der Waals surface area contributed by atoms with Crippen LogP contribution in [0.15, 0.2) is 54.3 Å². The van der Waals surface area contributed by atoms with Crippen molar-refractivity contribution in [2.45, 2.75) is 89.9 Å². The molecular weight excluding hydrogens is 395 g/mol. The summed E-state index contributed by atoms with van der Waals surface area (Å²) in [6.45, 7) is 4.95. The maximum Gasteiger partial charge on any atom is 0.127 e. The van der Waals surface area contributed by atoms with Crippen LogP contribution in [-0.2, 0) is 4.74 Å². The smallest absolute Gasteiger partial charge is 0.127 e. The van der Waals surface area contributed by atoms with Gasteiger partial charge >= 0.3 is 0 Å². The number of benzene rings is 2. The molecule has 4 rings (SSSR count). The normalized spacial score (nSPS) is 23.5. The predicted molar refractivity (Wildman–Crippen MR) is 132 cm³/mol. The number of allylic oxidation sites excluding steroid dienone is 2. The lowest BCUT2D eigenvalue weighted by molar-refractivity contribution is 0.167. The highest BCUT2D eigenvalue weighted by molar-refractivity contribution is 5.64. The molecule has 1 saturated carbocycles. The van der Waals surface area contributed by atoms with Crippen molar-refractivity contribution in [3.05, 3.63) is 71.2 Å². The molecule has 0 N–H and O–H groups in total. The summed E-state index contributed by atoms with van der Waals surface area (Å²) in [7, 11) is 0. The van der Waals surface area contributed by atoms with E-state index in [0.29, 0.717) is 12.5 Å². The predicted octanol–water partition coefficient (Wildman–Crippen LogP) is 9.14. The van der Waals surface area contributed by atoms with Gasteiger partial charge in [0.05, 0.1) is 12.4 Å². The fourth-order valence-corrected chi connectivity index (χ4v) is 5.52. The summed E-state index contributed by atoms with van der Waals surface area (Å²) in [5, 5.41) is 0. The topological polar surface area (TPSA) is 9.23 Å². The molecule has 1 atom stereocenters. The van der Waals surface area contributed by atoms with Crippen LogP contribution in [0, 0.1) is 11.7 Å². The van der Waals surface area contributed by atoms with Crippen LogP contribution in [0.2, 0.25) is 0 Å². The van der Waals surface area contributed by atoms with E-state index in [1.54, 1.807) is 6.07 Å². The largest absolute Gasteiger partial charge is 0.498 e. The zero-order valence-corrected chi connectivity index (χ0v) is 19.9. The monoisotopic (exact) mass is 434 g/mol. The lowest BCUT2D eigenvalue weighted by Gasteiger charge is -2.29. The van der Waals surface area contributed by atoms with E-state index in [2.05, 4.69) is 50.3 Å². The maximum absolute atomic E-state index is 14.9. The first-order valence-corrected chi connectivity index (χ1v) is 12.9. The van der Waals surface area contributed by atoms with Crippen LogP contribution in [0.5, 0.6) is 0 Å². The molecule has 1 fully saturated rings. The quantitative estimate of drug-likeness (QED) is 0.376. The van der Waals surface area contributed by atoms with Gasteiger partial charge in [-0.1, -0.05) is 75.9 Å². The van der Waals surface area contributed by atoms with Crippen LogP contribution in [0.3, 0.4) is 0 Å². The highest BCUT2D eigenvalue weighted by atomic mass is 19.1. The molecule has 1 unspecified atom stereocenters. The third-order valence-electron chi connectivity index (χ3n) is 7.67. The van der Waals surface area contributed by atoms with Gasteiger partial charge in [-0.3, -0.25) is 0 Å². The molecule has 0 radical (unpaired) electrons. The van der Waals surface area contributed by atoms with E-state index in [1.165, 1.54) is 56.9 Å². The second kappa shape index (κ2) is 11.2. The van der Waals surface area contributed by atoms with Crippen molar-refractivity contribution in [1.29, 1.82) is 0 Å². The van der Waals surface area contributed by atoms with Crippen LogP contribution < -0.4 is 0 Å². The third-order valence-corrected chi connectivity index (χ3v) is 7.67. The van der Waals surface area contributed by atoms with Crippen molar-refractivity contribution in [1.82, 2.24) is 0 Å². The van der Waals surface area contributed by atoms with Crippen LogP contribution in [0.4, 0.5) is 4.39 Å². The number of rotatable bonds is 8. The van der Waals surface area contributed by atoms with Crippen molar-refractivity contribution in [3.63, 3.8) is 0 Å². The minimum absolute atomic E-state index is 0.110. The Labute approximate surface area is 194 Å². The highest BCUT2D eigenvalue weighted by Gasteiger charge is 2.23. The Kier molecular flexibility index (Phi) is 8.05. The SMILES string of the molecule is CCCCCC1CCC(c2ccc(-c3ccc(C4CC=C(CC)OC4)c(F)c3)cc2)CC1. The Morgan fingerprint density at radius 1 is 0.875 bits per heavy atom. The van der Waals surface area contributed by atoms with E-state index in [-0.39, 0.29) is 11.7 Å². The summed E-state index contributed by atoms with van der Waals surface area (Å²) in [6, 6.07) is 14.6. The van der Waals surface area contributed by atoms with Gasteiger partial charge in [-0.2, -0.15) is 0 Å². The van der Waals surface area contributed by atoms with Gasteiger partial charge in [-0.05, 0) is 78.3 Å². The number of unbranched alkanes of at least 4 members (excludes halogenated alkanes) is 2. The second-order valence-corrected chi connectivity index (χ2v) is 9.84. The number of ether oxygens (including phenoxy) is 1. The van der Waals surface area contributed by atoms with Crippen molar-refractivity contribution >= 4 is 0 Å². The molecule has 2 heteroatoms. The summed E-state index contributed by atoms with van der Waals surface area (Å²) in [6.07, 6.45) is 14.8. The van der Waals surface area contributed by atoms with Crippen molar-refractivity contribution < 1.29 is 9.13 Å². The van der Waals surface area contributed by atoms with E-state index in [0.717, 1.165) is 41.2 Å². The summed E-state index contributed by atoms with van der Waals surface area (Å²) in [5.41, 5.74) is 4.28. The van der Waals surface area contributed by atoms with E-state index in [4.69, 9.17) is 4.74 Å². The molecule has 2 aromatic rings. The maximum atomic E-state index is 14.9. The summed E-state index contributed by atoms with van der Waals surface area (Å²) in [4.78, 5) is 0. The Morgan fingerprint density at radius 3 is 2.25 bits per heavy atom. The first-order chi connectivity index (χ1) is 15.7. The Hall–Kier alpha value is -2.09. The first kappa shape index (κ1) is 23.1. The van der Waals surface area contributed by atoms with E-state index in [1.807, 2.05) is 6.07 Å². The second-order valence-electron chi connectivity index (χ2n) is 9.84. The van der Waals surface area contributed by atoms with Gasteiger partial charge in [0.2, 0.25) is 0 Å². The standard InChI is InChI=1S/C30H39FO/c1-3-5-6-7-22-8-10-23(11-9-22)24-12-14-25(15-13-24)26-17-19-29(30(31)20-26)27-16-18-28(4-2)32-21-27/h12-15,17-20,22-23,27H,3-11,16,21H2,1-2H3. The van der Waals surface area contributed by atoms with Crippen molar-refractivity contribution in [2.75, 3.05) is 6.61 Å². The van der Waals surface area contributed by atoms with Gasteiger partial charge in [-0.15, -0.1) is 0 Å². The molecule has 0 aromatic heterocycles. The highest BCUT2D eigenvalue weighted by Crippen LogP contribution is 2.38. The van der Waals surface area contributed by atoms with E-state index in [9.17, 15) is 4.39 Å². The summed E-state index contributed by atoms with van der Waals surface area (Å²) < 4.78 is 20.7. The van der Waals surface area contributed by atoms with E-state index >= 15 is 0 Å². The molecule has 0 bridgehead atoms. The van der Waals surface area contributed by atoms with Gasteiger partial charge in [0, 0.05) is 12.3 Å². The lowest BCUT2D eigenvalue weighted by atomic mass is 9.77. The van der Waals surface area contributed by atoms with Gasteiger partial charge < -0.3 is 4.74 Å². The molecule has 2 aromatic carbocycles. The molecule has 0 spiro atoms. The van der Waals surface area contributed by atoms with Crippen LogP contribution >= 0.6 is 0 Å². The first-order valence-electron chi connectivity index (χ1n) is 12.9. The van der Waals surface area contributed by atoms with Gasteiger partial charge in [-0.25, -0.2) is 4.39 Å². The molecule has 2 aliphatic rings. The number of hydrogen-bond acceptors (Lipinski definition) is 1. The average Bonchev–Trinajstić information content (AvgIpc) is 2.85. The van der Waals surface area contributed by atoms with E-state index < -0.39 is 0 Å². The Balaban J connectivity index is 1.36. The van der Waals surface area contributed by atoms with Crippen LogP contribution in [0.25, 0.3) is 11.1 Å². The fraction of sp³-hybridized carbons (Fsp3) is 0.533. The zero-order valence-electron chi connectivity index (χ0n) is 19.9. The number of halogens is 1. The third kappa shape index (κ3) is 5.63. The minimum atomic E-state index is -0.116. The fourth-order valence-electron chi connectivity index (χ4n) is 5.52. The molecule has 172 valence electrons. The van der Waals surface area contributed by atoms with Crippen LogP contribution in [0.1, 0.15) is 101 Å². The molecule has 32 heavy (non-hydrogen) atoms. The Bertz CT molecular complexity index is 890. The molecule has 1 aliphatic carbocycles. The summed E-state index contributed by atoms with van der Waals surface area (Å²) in [5.74, 6) is 2.66. The Morgan fingerprint density at radius 2 is 1.62 bits per heavy atom. The molecule has 0 amide bonds. The van der Waals surface area contributed by atoms with Crippen LogP contribution in [-0.4, -0.2) is 6.61 Å². The molecule has 1 heterocycles. The lowest BCUT2D eigenvalue weighted by Crippen LogP contribution is -2.13. The zero-order chi connectivity index (χ0) is 22.3. The molecule has 0 saturated heterocycles. The minimum Gasteiger partial charge on any atom is -0.498 e. The van der Waals surface area contributed by atoms with Gasteiger partial charge in [0.1, 0.15) is 5.82 Å². The van der Waals surface area contributed by atoms with Crippen molar-refractivity contribution in [3.8, 4) is 11.1 Å². The van der Waals surface area contributed by atoms with Crippen molar-refractivity contribution in [2.24, 2.45) is 5.92 Å². The van der Waals surface area contributed by atoms with Gasteiger partial charge in [0.15, 0.2) is 0 Å².